The molecule has 0 fully saturated rings. The van der Waals surface area contributed by atoms with Crippen LogP contribution < -0.4 is 5.32 Å². The third kappa shape index (κ3) is 5.92. The van der Waals surface area contributed by atoms with Crippen molar-refractivity contribution in [2.75, 3.05) is 7.05 Å². The van der Waals surface area contributed by atoms with Crippen molar-refractivity contribution in [1.82, 2.24) is 10.2 Å². The van der Waals surface area contributed by atoms with Crippen molar-refractivity contribution in [3.05, 3.63) is 106 Å². The van der Waals surface area contributed by atoms with Crippen molar-refractivity contribution in [2.24, 2.45) is 0 Å². The van der Waals surface area contributed by atoms with Gasteiger partial charge in [0.1, 0.15) is 11.9 Å². The molecule has 0 spiro atoms. The predicted octanol–water partition coefficient (Wildman–Crippen LogP) is 4.41. The highest BCUT2D eigenvalue weighted by Gasteiger charge is 2.30. The summed E-state index contributed by atoms with van der Waals surface area (Å²) in [5, 5.41) is 2.85. The highest BCUT2D eigenvalue weighted by Crippen LogP contribution is 2.22. The number of hydrogen-bond donors (Lipinski definition) is 1. The highest BCUT2D eigenvalue weighted by molar-refractivity contribution is 6.31. The Bertz CT molecular complexity index is 1010. The van der Waals surface area contributed by atoms with Crippen molar-refractivity contribution < 1.29 is 14.0 Å². The minimum absolute atomic E-state index is 0.127. The molecule has 0 bridgehead atoms. The van der Waals surface area contributed by atoms with Crippen LogP contribution in [-0.2, 0) is 29.0 Å². The van der Waals surface area contributed by atoms with Gasteiger partial charge in [0, 0.05) is 30.6 Å². The van der Waals surface area contributed by atoms with Crippen molar-refractivity contribution in [3.8, 4) is 0 Å². The molecule has 3 aromatic rings. The summed E-state index contributed by atoms with van der Waals surface area (Å²) in [6.45, 7) is 0.219. The first-order valence-electron chi connectivity index (χ1n) is 10.0. The minimum Gasteiger partial charge on any atom is -0.357 e. The van der Waals surface area contributed by atoms with Gasteiger partial charge in [0.2, 0.25) is 11.8 Å². The first kappa shape index (κ1) is 22.5. The summed E-state index contributed by atoms with van der Waals surface area (Å²) in [7, 11) is 1.54. The number of nitrogens with zero attached hydrogens (tertiary/aromatic N) is 1. The Kier molecular flexibility index (Phi) is 7.79. The monoisotopic (exact) mass is 438 g/mol. The Morgan fingerprint density at radius 2 is 1.55 bits per heavy atom. The van der Waals surface area contributed by atoms with Gasteiger partial charge in [-0.25, -0.2) is 4.39 Å². The maximum absolute atomic E-state index is 14.3. The zero-order valence-electron chi connectivity index (χ0n) is 17.2. The minimum atomic E-state index is -0.759. The number of carbonyl (C=O) groups excluding carboxylic acids is 2. The molecule has 1 atom stereocenters. The molecule has 0 heterocycles. The van der Waals surface area contributed by atoms with Crippen LogP contribution >= 0.6 is 11.6 Å². The van der Waals surface area contributed by atoms with Crippen molar-refractivity contribution in [1.29, 1.82) is 0 Å². The first-order valence-corrected chi connectivity index (χ1v) is 10.4. The summed E-state index contributed by atoms with van der Waals surface area (Å²) >= 11 is 6.15. The highest BCUT2D eigenvalue weighted by atomic mass is 35.5. The lowest BCUT2D eigenvalue weighted by Gasteiger charge is -2.31. The predicted molar refractivity (Wildman–Crippen MR) is 120 cm³/mol. The Balaban J connectivity index is 1.96. The van der Waals surface area contributed by atoms with E-state index in [0.717, 1.165) is 11.1 Å². The molecule has 0 radical (unpaired) electrons. The van der Waals surface area contributed by atoms with Gasteiger partial charge in [-0.1, -0.05) is 78.3 Å². The van der Waals surface area contributed by atoms with Crippen molar-refractivity contribution in [3.63, 3.8) is 0 Å². The number of hydrogen-bond acceptors (Lipinski definition) is 2. The van der Waals surface area contributed by atoms with E-state index in [1.54, 1.807) is 13.1 Å². The molecule has 0 aliphatic carbocycles. The molecule has 2 amide bonds. The van der Waals surface area contributed by atoms with Crippen LogP contribution in [0.15, 0.2) is 78.9 Å². The Labute approximate surface area is 186 Å². The number of halogens is 2. The zero-order chi connectivity index (χ0) is 22.2. The quantitative estimate of drug-likeness (QED) is 0.566. The molecule has 3 rings (SSSR count). The zero-order valence-corrected chi connectivity index (χ0v) is 18.0. The fraction of sp³-hybridized carbons (Fsp3) is 0.200. The number of nitrogens with one attached hydrogen (secondary N) is 1. The second-order valence-electron chi connectivity index (χ2n) is 7.20. The van der Waals surface area contributed by atoms with Crippen LogP contribution in [0.3, 0.4) is 0 Å². The van der Waals surface area contributed by atoms with Gasteiger partial charge < -0.3 is 10.2 Å². The molecule has 0 aliphatic heterocycles. The Morgan fingerprint density at radius 3 is 2.13 bits per heavy atom. The van der Waals surface area contributed by atoms with E-state index < -0.39 is 11.9 Å². The smallest absolute Gasteiger partial charge is 0.242 e. The normalized spacial score (nSPS) is 11.6. The lowest BCUT2D eigenvalue weighted by molar-refractivity contribution is -0.140. The molecule has 3 aromatic carbocycles. The van der Waals surface area contributed by atoms with E-state index in [9.17, 15) is 14.0 Å². The lowest BCUT2D eigenvalue weighted by Crippen LogP contribution is -2.50. The molecule has 6 heteroatoms. The summed E-state index contributed by atoms with van der Waals surface area (Å²) in [5.41, 5.74) is 1.92. The second kappa shape index (κ2) is 10.7. The van der Waals surface area contributed by atoms with Gasteiger partial charge in [-0.05, 0) is 23.3 Å². The van der Waals surface area contributed by atoms with E-state index in [4.69, 9.17) is 11.6 Å². The van der Waals surface area contributed by atoms with E-state index in [0.29, 0.717) is 6.42 Å². The topological polar surface area (TPSA) is 49.4 Å². The molecule has 4 nitrogen and oxygen atoms in total. The third-order valence-electron chi connectivity index (χ3n) is 5.10. The summed E-state index contributed by atoms with van der Waals surface area (Å²) in [4.78, 5) is 27.7. The van der Waals surface area contributed by atoms with Gasteiger partial charge in [-0.15, -0.1) is 0 Å². The summed E-state index contributed by atoms with van der Waals surface area (Å²) in [6, 6.07) is 22.5. The summed E-state index contributed by atoms with van der Waals surface area (Å²) < 4.78 is 14.3. The van der Waals surface area contributed by atoms with Crippen LogP contribution in [-0.4, -0.2) is 29.8 Å². The third-order valence-corrected chi connectivity index (χ3v) is 5.46. The Hall–Kier alpha value is -3.18. The van der Waals surface area contributed by atoms with E-state index in [-0.39, 0.29) is 35.4 Å². The van der Waals surface area contributed by atoms with Gasteiger partial charge in [-0.3, -0.25) is 9.59 Å². The largest absolute Gasteiger partial charge is 0.357 e. The SMILES string of the molecule is CNC(=O)[C@@H](Cc1ccccc1)N(Cc1ccccc1)C(=O)Cc1c(F)cccc1Cl. The number of rotatable bonds is 8. The van der Waals surface area contributed by atoms with Crippen LogP contribution in [0.1, 0.15) is 16.7 Å². The maximum atomic E-state index is 14.3. The summed E-state index contributed by atoms with van der Waals surface area (Å²) in [6.07, 6.45) is 0.102. The van der Waals surface area contributed by atoms with Gasteiger partial charge in [-0.2, -0.15) is 0 Å². The molecular weight excluding hydrogens is 415 g/mol. The molecular formula is C25H24ClFN2O2. The fourth-order valence-corrected chi connectivity index (χ4v) is 3.68. The molecule has 0 saturated carbocycles. The second-order valence-corrected chi connectivity index (χ2v) is 7.61. The fourth-order valence-electron chi connectivity index (χ4n) is 3.45. The van der Waals surface area contributed by atoms with Crippen LogP contribution in [0, 0.1) is 5.82 Å². The van der Waals surface area contributed by atoms with Gasteiger partial charge in [0.15, 0.2) is 0 Å². The van der Waals surface area contributed by atoms with Crippen LogP contribution in [0.25, 0.3) is 0 Å². The van der Waals surface area contributed by atoms with Crippen LogP contribution in [0.5, 0.6) is 0 Å². The standard InChI is InChI=1S/C25H24ClFN2O2/c1-28-25(31)23(15-18-9-4-2-5-10-18)29(17-19-11-6-3-7-12-19)24(30)16-20-21(26)13-8-14-22(20)27/h2-14,23H,15-17H2,1H3,(H,28,31)/t23-/m1/s1. The number of likely N-dealkylation sites (N-methyl/N-ethyl adjacent to an activating group) is 1. The van der Waals surface area contributed by atoms with E-state index in [2.05, 4.69) is 5.32 Å². The average Bonchev–Trinajstić information content (AvgIpc) is 2.79. The van der Waals surface area contributed by atoms with E-state index >= 15 is 0 Å². The number of benzene rings is 3. The maximum Gasteiger partial charge on any atom is 0.242 e. The van der Waals surface area contributed by atoms with Gasteiger partial charge >= 0.3 is 0 Å². The number of carbonyl (C=O) groups is 2. The van der Waals surface area contributed by atoms with Crippen LogP contribution in [0.4, 0.5) is 4.39 Å². The summed E-state index contributed by atoms with van der Waals surface area (Å²) in [5.74, 6) is -1.20. The molecule has 0 aromatic heterocycles. The van der Waals surface area contributed by atoms with Gasteiger partial charge in [0.25, 0.3) is 0 Å². The molecule has 31 heavy (non-hydrogen) atoms. The van der Waals surface area contributed by atoms with Crippen molar-refractivity contribution >= 4 is 23.4 Å². The molecule has 0 saturated heterocycles. The number of amides is 2. The molecule has 0 aliphatic rings. The first-order chi connectivity index (χ1) is 15.0. The van der Waals surface area contributed by atoms with Crippen molar-refractivity contribution in [2.45, 2.75) is 25.4 Å². The van der Waals surface area contributed by atoms with E-state index in [1.165, 1.54) is 17.0 Å². The van der Waals surface area contributed by atoms with Crippen LogP contribution in [0.2, 0.25) is 5.02 Å². The molecule has 0 unspecified atom stereocenters. The van der Waals surface area contributed by atoms with E-state index in [1.807, 2.05) is 60.7 Å². The Morgan fingerprint density at radius 1 is 0.935 bits per heavy atom. The average molecular weight is 439 g/mol. The van der Waals surface area contributed by atoms with Gasteiger partial charge in [0.05, 0.1) is 6.42 Å². The molecule has 1 N–H and O–H groups in total. The molecule has 160 valence electrons. The lowest BCUT2D eigenvalue weighted by atomic mass is 10.0.